The Morgan fingerprint density at radius 1 is 1.36 bits per heavy atom. The summed E-state index contributed by atoms with van der Waals surface area (Å²) in [5.74, 6) is 0.347. The smallest absolute Gasteiger partial charge is 0.413 e. The fourth-order valence-corrected chi connectivity index (χ4v) is 1.80. The number of amides is 1. The van der Waals surface area contributed by atoms with Crippen LogP contribution in [0, 0.1) is 0 Å². The maximum Gasteiger partial charge on any atom is 0.413 e. The summed E-state index contributed by atoms with van der Waals surface area (Å²) in [6.07, 6.45) is 2.46. The van der Waals surface area contributed by atoms with Gasteiger partial charge in [0.05, 0.1) is 6.21 Å². The Morgan fingerprint density at radius 2 is 2.00 bits per heavy atom. The van der Waals surface area contributed by atoms with Crippen LogP contribution in [0.15, 0.2) is 22.7 Å². The first-order valence-corrected chi connectivity index (χ1v) is 8.00. The first kappa shape index (κ1) is 18.4. The molecule has 1 aromatic rings. The Balaban J connectivity index is 2.74. The van der Waals surface area contributed by atoms with E-state index < -0.39 is 27.8 Å². The van der Waals surface area contributed by atoms with Crippen LogP contribution in [0.3, 0.4) is 0 Å². The predicted molar refractivity (Wildman–Crippen MR) is 89.6 cm³/mol. The second-order valence-electron chi connectivity index (χ2n) is 6.70. The standard InChI is InChI=1S/C15H23N3O3S/c1-14(2,3)21-13(19)18-12-9-11(7-8-16-12)10-17-22(20)15(4,5)6/h7-10H,1-6H3,(H,16,18,19)/b17-10+/t22-/m1/s1. The molecule has 1 amide bonds. The number of nitrogens with zero attached hydrogens (tertiary/aromatic N) is 2. The number of carbonyl (C=O) groups excluding carboxylic acids is 1. The van der Waals surface area contributed by atoms with Gasteiger partial charge in [-0.25, -0.2) is 9.78 Å². The van der Waals surface area contributed by atoms with Crippen LogP contribution in [0.2, 0.25) is 0 Å². The molecule has 1 rings (SSSR count). The van der Waals surface area contributed by atoms with E-state index in [0.29, 0.717) is 11.4 Å². The van der Waals surface area contributed by atoms with Crippen molar-refractivity contribution in [1.29, 1.82) is 0 Å². The average molecular weight is 325 g/mol. The van der Waals surface area contributed by atoms with Crippen molar-refractivity contribution in [2.24, 2.45) is 4.40 Å². The molecule has 0 unspecified atom stereocenters. The van der Waals surface area contributed by atoms with E-state index >= 15 is 0 Å². The number of hydrogen-bond donors (Lipinski definition) is 1. The largest absolute Gasteiger partial charge is 0.591 e. The van der Waals surface area contributed by atoms with Crippen LogP contribution in [-0.2, 0) is 16.1 Å². The van der Waals surface area contributed by atoms with Gasteiger partial charge < -0.3 is 9.29 Å². The molecule has 0 bridgehead atoms. The van der Waals surface area contributed by atoms with Gasteiger partial charge in [0.15, 0.2) is 0 Å². The summed E-state index contributed by atoms with van der Waals surface area (Å²) in [5, 5.41) is 2.55. The van der Waals surface area contributed by atoms with Gasteiger partial charge in [0.1, 0.15) is 27.5 Å². The minimum atomic E-state index is -1.33. The molecule has 122 valence electrons. The highest BCUT2D eigenvalue weighted by molar-refractivity contribution is 7.91. The van der Waals surface area contributed by atoms with E-state index in [1.54, 1.807) is 32.9 Å². The molecule has 0 fully saturated rings. The van der Waals surface area contributed by atoms with Gasteiger partial charge in [-0.2, -0.15) is 0 Å². The van der Waals surface area contributed by atoms with E-state index in [1.165, 1.54) is 12.4 Å². The molecule has 0 saturated heterocycles. The van der Waals surface area contributed by atoms with E-state index in [4.69, 9.17) is 4.74 Å². The molecular weight excluding hydrogens is 302 g/mol. The van der Waals surface area contributed by atoms with Crippen molar-refractivity contribution in [1.82, 2.24) is 4.98 Å². The molecule has 1 N–H and O–H groups in total. The van der Waals surface area contributed by atoms with Gasteiger partial charge >= 0.3 is 6.09 Å². The van der Waals surface area contributed by atoms with Gasteiger partial charge in [0, 0.05) is 11.8 Å². The second-order valence-corrected chi connectivity index (χ2v) is 8.63. The zero-order chi connectivity index (χ0) is 17.0. The third-order valence-corrected chi connectivity index (χ3v) is 3.58. The van der Waals surface area contributed by atoms with Gasteiger partial charge in [-0.15, -0.1) is 0 Å². The summed E-state index contributed by atoms with van der Waals surface area (Å²) in [4.78, 5) is 15.7. The Morgan fingerprint density at radius 3 is 2.55 bits per heavy atom. The van der Waals surface area contributed by atoms with Crippen LogP contribution in [0.1, 0.15) is 47.1 Å². The number of nitrogens with one attached hydrogen (secondary N) is 1. The molecule has 0 aliphatic carbocycles. The van der Waals surface area contributed by atoms with Crippen molar-refractivity contribution < 1.29 is 14.1 Å². The van der Waals surface area contributed by atoms with E-state index in [9.17, 15) is 9.35 Å². The number of aromatic nitrogens is 1. The van der Waals surface area contributed by atoms with Crippen LogP contribution >= 0.6 is 0 Å². The van der Waals surface area contributed by atoms with Crippen LogP contribution in [-0.4, -0.2) is 32.2 Å². The highest BCUT2D eigenvalue weighted by Crippen LogP contribution is 2.17. The molecule has 0 spiro atoms. The molecule has 0 aliphatic rings. The summed E-state index contributed by atoms with van der Waals surface area (Å²) in [6, 6.07) is 3.34. The normalized spacial score (nSPS) is 14.0. The number of rotatable bonds is 3. The minimum Gasteiger partial charge on any atom is -0.591 e. The van der Waals surface area contributed by atoms with Gasteiger partial charge in [-0.05, 0) is 53.7 Å². The predicted octanol–water partition coefficient (Wildman–Crippen LogP) is 3.31. The van der Waals surface area contributed by atoms with Crippen molar-refractivity contribution in [2.45, 2.75) is 51.9 Å². The fourth-order valence-electron chi connectivity index (χ4n) is 1.27. The van der Waals surface area contributed by atoms with Crippen LogP contribution < -0.4 is 5.32 Å². The SMILES string of the molecule is CC(C)(C)OC(=O)Nc1cc(/C=N/[S@+]([O-])C(C)(C)C)ccn1. The molecule has 0 aliphatic heterocycles. The van der Waals surface area contributed by atoms with Crippen molar-refractivity contribution in [3.8, 4) is 0 Å². The molecule has 0 radical (unpaired) electrons. The lowest BCUT2D eigenvalue weighted by atomic mass is 10.2. The maximum absolute atomic E-state index is 11.9. The van der Waals surface area contributed by atoms with E-state index in [1.807, 2.05) is 20.8 Å². The summed E-state index contributed by atoms with van der Waals surface area (Å²) < 4.78 is 20.6. The number of pyridine rings is 1. The average Bonchev–Trinajstić information content (AvgIpc) is 2.32. The van der Waals surface area contributed by atoms with E-state index in [2.05, 4.69) is 14.7 Å². The van der Waals surface area contributed by atoms with Crippen LogP contribution in [0.4, 0.5) is 10.6 Å². The zero-order valence-electron chi connectivity index (χ0n) is 13.8. The minimum absolute atomic E-state index is 0.347. The monoisotopic (exact) mass is 325 g/mol. The molecule has 6 nitrogen and oxygen atoms in total. The molecule has 22 heavy (non-hydrogen) atoms. The van der Waals surface area contributed by atoms with Gasteiger partial charge in [0.2, 0.25) is 0 Å². The Labute approximate surface area is 134 Å². The molecule has 0 saturated carbocycles. The molecule has 1 heterocycles. The van der Waals surface area contributed by atoms with Crippen molar-refractivity contribution in [3.63, 3.8) is 0 Å². The van der Waals surface area contributed by atoms with E-state index in [0.717, 1.165) is 0 Å². The molecule has 1 aromatic heterocycles. The third kappa shape index (κ3) is 6.91. The van der Waals surface area contributed by atoms with Crippen LogP contribution in [0.25, 0.3) is 0 Å². The lowest BCUT2D eigenvalue weighted by Crippen LogP contribution is -2.27. The fraction of sp³-hybridized carbons (Fsp3) is 0.533. The molecule has 7 heteroatoms. The maximum atomic E-state index is 11.9. The quantitative estimate of drug-likeness (QED) is 0.682. The van der Waals surface area contributed by atoms with Gasteiger partial charge in [0.25, 0.3) is 0 Å². The van der Waals surface area contributed by atoms with Crippen LogP contribution in [0.5, 0.6) is 0 Å². The van der Waals surface area contributed by atoms with Crippen molar-refractivity contribution >= 4 is 29.5 Å². The highest BCUT2D eigenvalue weighted by atomic mass is 32.2. The molecule has 0 aromatic carbocycles. The molecule has 1 atom stereocenters. The molecular formula is C15H23N3O3S. The third-order valence-electron chi connectivity index (χ3n) is 2.23. The zero-order valence-corrected chi connectivity index (χ0v) is 14.7. The lowest BCUT2D eigenvalue weighted by Gasteiger charge is -2.19. The number of hydrogen-bond acceptors (Lipinski definition) is 5. The summed E-state index contributed by atoms with van der Waals surface area (Å²) in [7, 11) is 0. The lowest BCUT2D eigenvalue weighted by molar-refractivity contribution is 0.0635. The first-order valence-electron chi connectivity index (χ1n) is 6.89. The second kappa shape index (κ2) is 7.11. The van der Waals surface area contributed by atoms with Gasteiger partial charge in [-0.1, -0.05) is 4.40 Å². The van der Waals surface area contributed by atoms with Crippen molar-refractivity contribution in [2.75, 3.05) is 5.32 Å². The Hall–Kier alpha value is -1.60. The number of carbonyl (C=O) groups is 1. The number of ether oxygens (including phenoxy) is 1. The first-order chi connectivity index (χ1) is 9.97. The highest BCUT2D eigenvalue weighted by Gasteiger charge is 2.25. The summed E-state index contributed by atoms with van der Waals surface area (Å²) in [6.45, 7) is 10.9. The van der Waals surface area contributed by atoms with Crippen molar-refractivity contribution in [3.05, 3.63) is 23.9 Å². The Kier molecular flexibility index (Phi) is 5.96. The summed E-state index contributed by atoms with van der Waals surface area (Å²) >= 11 is -1.33. The van der Waals surface area contributed by atoms with Gasteiger partial charge in [-0.3, -0.25) is 5.32 Å². The Bertz CT molecular complexity index is 548. The summed E-state index contributed by atoms with van der Waals surface area (Å²) in [5.41, 5.74) is 0.117. The number of anilines is 1. The van der Waals surface area contributed by atoms with E-state index in [-0.39, 0.29) is 0 Å². The topological polar surface area (TPSA) is 86.6 Å².